The van der Waals surface area contributed by atoms with E-state index < -0.39 is 11.8 Å². The molecule has 0 aromatic heterocycles. The van der Waals surface area contributed by atoms with E-state index >= 15 is 0 Å². The minimum atomic E-state index is -0.401. The minimum absolute atomic E-state index is 0.0773. The van der Waals surface area contributed by atoms with Crippen molar-refractivity contribution in [2.24, 2.45) is 17.3 Å². The lowest BCUT2D eigenvalue weighted by atomic mass is 9.51. The Balaban J connectivity index is 2.22. The Morgan fingerprint density at radius 1 is 1.05 bits per heavy atom. The maximum atomic E-state index is 12.3. The minimum Gasteiger partial charge on any atom is -0.466 e. The van der Waals surface area contributed by atoms with Crippen molar-refractivity contribution in [3.8, 4) is 0 Å². The van der Waals surface area contributed by atoms with E-state index in [-0.39, 0.29) is 23.4 Å². The van der Waals surface area contributed by atoms with Gasteiger partial charge in [0.25, 0.3) is 0 Å². The number of nitrogens with zero attached hydrogens (tertiary/aromatic N) is 1. The Bertz CT molecular complexity index is 401. The summed E-state index contributed by atoms with van der Waals surface area (Å²) in [6, 6.07) is 0.0773. The Hall–Kier alpha value is -1.10. The summed E-state index contributed by atoms with van der Waals surface area (Å²) in [7, 11) is 0. The zero-order valence-electron chi connectivity index (χ0n) is 13.6. The van der Waals surface area contributed by atoms with Gasteiger partial charge in [0.2, 0.25) is 0 Å². The molecular formula is C16H27NO4. The highest BCUT2D eigenvalue weighted by atomic mass is 16.5. The second kappa shape index (κ2) is 6.34. The van der Waals surface area contributed by atoms with E-state index in [9.17, 15) is 9.59 Å². The first-order valence-corrected chi connectivity index (χ1v) is 8.02. The van der Waals surface area contributed by atoms with Crippen LogP contribution in [0.4, 0.5) is 0 Å². The summed E-state index contributed by atoms with van der Waals surface area (Å²) in [6.45, 7) is 10.4. The van der Waals surface area contributed by atoms with Crippen LogP contribution in [-0.2, 0) is 19.1 Å². The lowest BCUT2D eigenvalue weighted by Crippen LogP contribution is -2.69. The van der Waals surface area contributed by atoms with E-state index in [1.807, 2.05) is 0 Å². The van der Waals surface area contributed by atoms with Gasteiger partial charge in [0.05, 0.1) is 25.0 Å². The molecule has 0 amide bonds. The predicted octanol–water partition coefficient (Wildman–Crippen LogP) is 1.85. The summed E-state index contributed by atoms with van der Waals surface area (Å²) in [6.07, 6.45) is 2.32. The number of ether oxygens (including phenoxy) is 2. The third kappa shape index (κ3) is 2.80. The van der Waals surface area contributed by atoms with Crippen molar-refractivity contribution in [1.82, 2.24) is 4.90 Å². The van der Waals surface area contributed by atoms with Crippen LogP contribution in [0.3, 0.4) is 0 Å². The fourth-order valence-electron chi connectivity index (χ4n) is 4.08. The normalized spacial score (nSPS) is 31.5. The van der Waals surface area contributed by atoms with E-state index in [4.69, 9.17) is 9.47 Å². The molecule has 1 heterocycles. The molecule has 0 unspecified atom stereocenters. The molecule has 0 bridgehead atoms. The van der Waals surface area contributed by atoms with E-state index in [0.29, 0.717) is 13.2 Å². The van der Waals surface area contributed by atoms with Crippen LogP contribution in [0.2, 0.25) is 0 Å². The molecule has 0 N–H and O–H groups in total. The van der Waals surface area contributed by atoms with Crippen LogP contribution in [0.1, 0.15) is 40.5 Å². The molecule has 0 aromatic rings. The van der Waals surface area contributed by atoms with E-state index in [1.54, 1.807) is 13.8 Å². The molecule has 2 rings (SSSR count). The summed E-state index contributed by atoms with van der Waals surface area (Å²) in [5.74, 6) is -1.32. The van der Waals surface area contributed by atoms with Crippen molar-refractivity contribution in [3.05, 3.63) is 0 Å². The number of rotatable bonds is 5. The topological polar surface area (TPSA) is 55.8 Å². The summed E-state index contributed by atoms with van der Waals surface area (Å²) in [4.78, 5) is 27.0. The maximum Gasteiger partial charge on any atom is 0.311 e. The van der Waals surface area contributed by atoms with Crippen molar-refractivity contribution in [2.45, 2.75) is 46.6 Å². The first kappa shape index (κ1) is 16.3. The van der Waals surface area contributed by atoms with Gasteiger partial charge in [0, 0.05) is 6.04 Å². The van der Waals surface area contributed by atoms with Gasteiger partial charge < -0.3 is 9.47 Å². The van der Waals surface area contributed by atoms with Crippen LogP contribution in [0.5, 0.6) is 0 Å². The van der Waals surface area contributed by atoms with Gasteiger partial charge in [-0.3, -0.25) is 14.5 Å². The highest BCUT2D eigenvalue weighted by Crippen LogP contribution is 2.55. The number of hydrogen-bond donors (Lipinski definition) is 0. The Labute approximate surface area is 127 Å². The fraction of sp³-hybridized carbons (Fsp3) is 0.875. The van der Waals surface area contributed by atoms with Gasteiger partial charge in [-0.25, -0.2) is 0 Å². The molecule has 2 aliphatic rings. The molecule has 0 radical (unpaired) electrons. The van der Waals surface area contributed by atoms with Crippen molar-refractivity contribution in [1.29, 1.82) is 0 Å². The Kier molecular flexibility index (Phi) is 4.91. The maximum absolute atomic E-state index is 12.3. The molecule has 5 nitrogen and oxygen atoms in total. The van der Waals surface area contributed by atoms with Gasteiger partial charge in [-0.15, -0.1) is 0 Å². The smallest absolute Gasteiger partial charge is 0.311 e. The molecule has 1 aliphatic carbocycles. The van der Waals surface area contributed by atoms with Crippen LogP contribution in [-0.4, -0.2) is 49.2 Å². The van der Waals surface area contributed by atoms with Crippen molar-refractivity contribution in [3.63, 3.8) is 0 Å². The first-order valence-electron chi connectivity index (χ1n) is 8.02. The zero-order chi connectivity index (χ0) is 15.6. The summed E-state index contributed by atoms with van der Waals surface area (Å²) >= 11 is 0. The van der Waals surface area contributed by atoms with Gasteiger partial charge in [-0.2, -0.15) is 0 Å². The van der Waals surface area contributed by atoms with Gasteiger partial charge in [0.1, 0.15) is 0 Å². The first-order chi connectivity index (χ1) is 9.95. The zero-order valence-corrected chi connectivity index (χ0v) is 13.6. The van der Waals surface area contributed by atoms with E-state index in [1.165, 1.54) is 0 Å². The molecule has 0 aromatic carbocycles. The summed E-state index contributed by atoms with van der Waals surface area (Å²) < 4.78 is 10.4. The standard InChI is InChI=1S/C16H27NO4/c1-5-20-14(18)11-12(15(19)21-6-2)16(3,4)13(11)17-9-7-8-10-17/h11-13H,5-10H2,1-4H3/t11-,12+,13-/m1/s1. The van der Waals surface area contributed by atoms with Crippen LogP contribution >= 0.6 is 0 Å². The molecule has 1 saturated heterocycles. The predicted molar refractivity (Wildman–Crippen MR) is 78.6 cm³/mol. The second-order valence-corrected chi connectivity index (χ2v) is 6.52. The van der Waals surface area contributed by atoms with Crippen LogP contribution < -0.4 is 0 Å². The summed E-state index contributed by atoms with van der Waals surface area (Å²) in [5.41, 5.74) is -0.256. The highest BCUT2D eigenvalue weighted by molar-refractivity contribution is 5.86. The molecule has 0 spiro atoms. The molecule has 1 aliphatic heterocycles. The molecule has 5 heteroatoms. The number of hydrogen-bond acceptors (Lipinski definition) is 5. The second-order valence-electron chi connectivity index (χ2n) is 6.52. The Morgan fingerprint density at radius 3 is 2.10 bits per heavy atom. The van der Waals surface area contributed by atoms with Crippen molar-refractivity contribution in [2.75, 3.05) is 26.3 Å². The SMILES string of the molecule is CCOC(=O)[C@@H]1[C@@H](C(=O)OCC)C(C)(C)[C@@H]1N1CCCC1. The highest BCUT2D eigenvalue weighted by Gasteiger charge is 2.65. The van der Waals surface area contributed by atoms with Crippen molar-refractivity contribution >= 4 is 11.9 Å². The average Bonchev–Trinajstić information content (AvgIpc) is 2.90. The monoisotopic (exact) mass is 297 g/mol. The quantitative estimate of drug-likeness (QED) is 0.725. The third-order valence-electron chi connectivity index (χ3n) is 4.90. The number of esters is 2. The number of carbonyl (C=O) groups excluding carboxylic acids is 2. The molecule has 1 saturated carbocycles. The van der Waals surface area contributed by atoms with Gasteiger partial charge >= 0.3 is 11.9 Å². The lowest BCUT2D eigenvalue weighted by Gasteiger charge is -2.58. The lowest BCUT2D eigenvalue weighted by molar-refractivity contribution is -0.197. The van der Waals surface area contributed by atoms with Crippen molar-refractivity contribution < 1.29 is 19.1 Å². The van der Waals surface area contributed by atoms with Gasteiger partial charge in [0.15, 0.2) is 0 Å². The number of likely N-dealkylation sites (tertiary alicyclic amines) is 1. The third-order valence-corrected chi connectivity index (χ3v) is 4.90. The van der Waals surface area contributed by atoms with Gasteiger partial charge in [-0.1, -0.05) is 13.8 Å². The van der Waals surface area contributed by atoms with E-state index in [2.05, 4.69) is 18.7 Å². The largest absolute Gasteiger partial charge is 0.466 e. The molecule has 120 valence electrons. The number of carbonyl (C=O) groups is 2. The molecule has 3 atom stereocenters. The van der Waals surface area contributed by atoms with Crippen LogP contribution in [0, 0.1) is 17.3 Å². The van der Waals surface area contributed by atoms with Crippen LogP contribution in [0.15, 0.2) is 0 Å². The van der Waals surface area contributed by atoms with Gasteiger partial charge in [-0.05, 0) is 45.2 Å². The van der Waals surface area contributed by atoms with Crippen LogP contribution in [0.25, 0.3) is 0 Å². The Morgan fingerprint density at radius 2 is 1.57 bits per heavy atom. The molecular weight excluding hydrogens is 270 g/mol. The fourth-order valence-corrected chi connectivity index (χ4v) is 4.08. The molecule has 21 heavy (non-hydrogen) atoms. The average molecular weight is 297 g/mol. The summed E-state index contributed by atoms with van der Waals surface area (Å²) in [5, 5.41) is 0. The van der Waals surface area contributed by atoms with E-state index in [0.717, 1.165) is 25.9 Å². The molecule has 2 fully saturated rings.